The van der Waals surface area contributed by atoms with E-state index in [1.165, 1.54) is 0 Å². The molecule has 0 unspecified atom stereocenters. The molecule has 10 rings (SSSR count). The van der Waals surface area contributed by atoms with Gasteiger partial charge in [-0.25, -0.2) is 0 Å². The van der Waals surface area contributed by atoms with Crippen LogP contribution in [0.5, 0.6) is 0 Å². The normalized spacial score (nSPS) is 12.8. The fourth-order valence-electron chi connectivity index (χ4n) is 7.56. The number of para-hydroxylation sites is 1. The molecule has 0 amide bonds. The first kappa shape index (κ1) is 23.8. The van der Waals surface area contributed by atoms with Crippen LogP contribution in [-0.2, 0) is 0 Å². The third-order valence-corrected chi connectivity index (χ3v) is 9.74. The second-order valence-electron chi connectivity index (χ2n) is 12.5. The predicted molar refractivity (Wildman–Crippen MR) is 208 cm³/mol. The Labute approximate surface area is 289 Å². The van der Waals surface area contributed by atoms with Gasteiger partial charge in [0.2, 0.25) is 0 Å². The first-order valence-electron chi connectivity index (χ1n) is 18.5. The van der Waals surface area contributed by atoms with Gasteiger partial charge in [-0.1, -0.05) is 164 Å². The summed E-state index contributed by atoms with van der Waals surface area (Å²) in [7, 11) is 0. The molecule has 0 atom stereocenters. The minimum absolute atomic E-state index is 0.0307. The van der Waals surface area contributed by atoms with Crippen LogP contribution >= 0.6 is 0 Å². The SMILES string of the molecule is [2H]c1c([2H])c(-c2c3ccccc3c(-c3ccccc3)c3ccccc23)c([2H])c(-c2cccc3c2oc2cc(-c4cccc5ccccc45)ccc23)c1[2H]. The highest BCUT2D eigenvalue weighted by Gasteiger charge is 2.18. The Morgan fingerprint density at radius 1 is 0.388 bits per heavy atom. The van der Waals surface area contributed by atoms with E-state index < -0.39 is 0 Å². The number of rotatable bonds is 4. The van der Waals surface area contributed by atoms with E-state index in [4.69, 9.17) is 5.79 Å². The zero-order valence-corrected chi connectivity index (χ0v) is 26.4. The molecule has 0 N–H and O–H groups in total. The molecule has 1 aromatic heterocycles. The van der Waals surface area contributed by atoms with Gasteiger partial charge in [-0.05, 0) is 89.4 Å². The van der Waals surface area contributed by atoms with Gasteiger partial charge in [0.15, 0.2) is 0 Å². The smallest absolute Gasteiger partial charge is 0.143 e. The molecule has 0 aliphatic rings. The van der Waals surface area contributed by atoms with E-state index in [0.29, 0.717) is 22.3 Å². The topological polar surface area (TPSA) is 13.1 Å². The summed E-state index contributed by atoms with van der Waals surface area (Å²) in [6, 6.07) is 52.7. The number of hydrogen-bond donors (Lipinski definition) is 0. The minimum Gasteiger partial charge on any atom is -0.455 e. The highest BCUT2D eigenvalue weighted by molar-refractivity contribution is 6.21. The monoisotopic (exact) mass is 626 g/mol. The Kier molecular flexibility index (Phi) is 5.38. The maximum Gasteiger partial charge on any atom is 0.143 e. The lowest BCUT2D eigenvalue weighted by molar-refractivity contribution is 0.670. The van der Waals surface area contributed by atoms with E-state index in [2.05, 4.69) is 78.9 Å². The lowest BCUT2D eigenvalue weighted by atomic mass is 9.85. The maximum atomic E-state index is 9.84. The van der Waals surface area contributed by atoms with Crippen LogP contribution < -0.4 is 0 Å². The molecule has 0 bridgehead atoms. The summed E-state index contributed by atoms with van der Waals surface area (Å²) in [5, 5.41) is 7.89. The molecule has 0 radical (unpaired) electrons. The van der Waals surface area contributed by atoms with E-state index in [9.17, 15) is 4.11 Å². The molecule has 0 saturated heterocycles. The molecule has 1 heteroatoms. The summed E-state index contributed by atoms with van der Waals surface area (Å²) in [6.45, 7) is 0. The average Bonchev–Trinajstić information content (AvgIpc) is 3.59. The van der Waals surface area contributed by atoms with Crippen molar-refractivity contribution in [2.75, 3.05) is 0 Å². The van der Waals surface area contributed by atoms with Crippen molar-refractivity contribution in [1.82, 2.24) is 0 Å². The number of fused-ring (bicyclic) bond motifs is 6. The van der Waals surface area contributed by atoms with Crippen molar-refractivity contribution in [2.24, 2.45) is 0 Å². The molecule has 49 heavy (non-hydrogen) atoms. The first-order chi connectivity index (χ1) is 26.0. The highest BCUT2D eigenvalue weighted by atomic mass is 16.3. The van der Waals surface area contributed by atoms with Gasteiger partial charge in [-0.3, -0.25) is 0 Å². The van der Waals surface area contributed by atoms with E-state index in [1.807, 2.05) is 78.9 Å². The van der Waals surface area contributed by atoms with Crippen LogP contribution in [0.1, 0.15) is 5.48 Å². The summed E-state index contributed by atoms with van der Waals surface area (Å²) in [4.78, 5) is 0. The van der Waals surface area contributed by atoms with Crippen LogP contribution in [0.4, 0.5) is 0 Å². The molecule has 1 heterocycles. The lowest BCUT2D eigenvalue weighted by Crippen LogP contribution is -1.91. The molecule has 1 nitrogen and oxygen atoms in total. The molecule has 9 aromatic carbocycles. The van der Waals surface area contributed by atoms with Crippen LogP contribution in [-0.4, -0.2) is 0 Å². The van der Waals surface area contributed by atoms with Crippen LogP contribution in [0.3, 0.4) is 0 Å². The van der Waals surface area contributed by atoms with Gasteiger partial charge in [0, 0.05) is 16.3 Å². The molecule has 0 aliphatic carbocycles. The van der Waals surface area contributed by atoms with Gasteiger partial charge in [-0.15, -0.1) is 0 Å². The standard InChI is InChI=1S/C48H30O/c1-2-14-32(15-3-1)46-40-20-6-8-22-42(40)47(43-23-9-7-21-41(43)46)35-18-10-17-33(29-35)38-25-12-26-44-39-28-27-34(30-45(39)49-48(38)44)37-24-11-16-31-13-4-5-19-36(31)37/h1-30H/i10D,17D,18D,29D. The number of furan rings is 1. The molecule has 228 valence electrons. The third-order valence-electron chi connectivity index (χ3n) is 9.74. The number of benzene rings is 9. The van der Waals surface area contributed by atoms with Gasteiger partial charge in [0.05, 0.1) is 5.48 Å². The molecule has 10 aromatic rings. The fourth-order valence-corrected chi connectivity index (χ4v) is 7.56. The molecular formula is C48H30O. The summed E-state index contributed by atoms with van der Waals surface area (Å²) in [6.07, 6.45) is 0. The molecule has 0 fully saturated rings. The third kappa shape index (κ3) is 4.40. The zero-order valence-electron chi connectivity index (χ0n) is 30.4. The largest absolute Gasteiger partial charge is 0.455 e. The summed E-state index contributed by atoms with van der Waals surface area (Å²) < 4.78 is 44.1. The highest BCUT2D eigenvalue weighted by Crippen LogP contribution is 2.45. The van der Waals surface area contributed by atoms with Crippen LogP contribution in [0.2, 0.25) is 0 Å². The van der Waals surface area contributed by atoms with Crippen LogP contribution in [0.25, 0.3) is 98.8 Å². The van der Waals surface area contributed by atoms with Gasteiger partial charge in [-0.2, -0.15) is 0 Å². The Bertz CT molecular complexity index is 3040. The van der Waals surface area contributed by atoms with Crippen molar-refractivity contribution in [3.8, 4) is 44.5 Å². The predicted octanol–water partition coefficient (Wildman–Crippen LogP) is 13.7. The van der Waals surface area contributed by atoms with Gasteiger partial charge >= 0.3 is 0 Å². The molecular weight excluding hydrogens is 593 g/mol. The van der Waals surface area contributed by atoms with E-state index >= 15 is 0 Å². The van der Waals surface area contributed by atoms with Crippen molar-refractivity contribution in [3.63, 3.8) is 0 Å². The maximum absolute atomic E-state index is 9.84. The average molecular weight is 627 g/mol. The van der Waals surface area contributed by atoms with Crippen molar-refractivity contribution in [3.05, 3.63) is 182 Å². The Morgan fingerprint density at radius 3 is 1.71 bits per heavy atom. The molecule has 0 spiro atoms. The van der Waals surface area contributed by atoms with Crippen molar-refractivity contribution in [1.29, 1.82) is 0 Å². The van der Waals surface area contributed by atoms with Gasteiger partial charge in [0.25, 0.3) is 0 Å². The van der Waals surface area contributed by atoms with Crippen molar-refractivity contribution < 1.29 is 9.90 Å². The zero-order chi connectivity index (χ0) is 35.8. The van der Waals surface area contributed by atoms with E-state index in [1.54, 1.807) is 0 Å². The Morgan fingerprint density at radius 2 is 0.959 bits per heavy atom. The summed E-state index contributed by atoms with van der Waals surface area (Å²) in [5.74, 6) is 0. The van der Waals surface area contributed by atoms with Crippen molar-refractivity contribution >= 4 is 54.3 Å². The van der Waals surface area contributed by atoms with Crippen molar-refractivity contribution in [2.45, 2.75) is 0 Å². The lowest BCUT2D eigenvalue weighted by Gasteiger charge is -2.18. The molecule has 0 saturated carbocycles. The van der Waals surface area contributed by atoms with Gasteiger partial charge < -0.3 is 4.42 Å². The van der Waals surface area contributed by atoms with Crippen LogP contribution in [0, 0.1) is 0 Å². The Balaban J connectivity index is 1.24. The second-order valence-corrected chi connectivity index (χ2v) is 12.5. The van der Waals surface area contributed by atoms with E-state index in [-0.39, 0.29) is 29.7 Å². The molecule has 0 aliphatic heterocycles. The quantitative estimate of drug-likeness (QED) is 0.177. The fraction of sp³-hybridized carbons (Fsp3) is 0. The van der Waals surface area contributed by atoms with E-state index in [0.717, 1.165) is 70.9 Å². The first-order valence-corrected chi connectivity index (χ1v) is 16.5. The second kappa shape index (κ2) is 11.1. The number of hydrogen-bond acceptors (Lipinski definition) is 1. The Hall–Kier alpha value is -6.44. The van der Waals surface area contributed by atoms with Gasteiger partial charge in [0.1, 0.15) is 11.2 Å². The van der Waals surface area contributed by atoms with Crippen LogP contribution in [0.15, 0.2) is 186 Å². The summed E-state index contributed by atoms with van der Waals surface area (Å²) in [5.41, 5.74) is 7.44. The minimum atomic E-state index is -0.224. The summed E-state index contributed by atoms with van der Waals surface area (Å²) >= 11 is 0.